The van der Waals surface area contributed by atoms with Crippen LogP contribution in [0.15, 0.2) is 48.5 Å². The summed E-state index contributed by atoms with van der Waals surface area (Å²) in [6, 6.07) is 18.1. The summed E-state index contributed by atoms with van der Waals surface area (Å²) < 4.78 is 0. The molecule has 1 heterocycles. The Kier molecular flexibility index (Phi) is 7.03. The van der Waals surface area contributed by atoms with Gasteiger partial charge in [0.15, 0.2) is 6.04 Å². The minimum absolute atomic E-state index is 0.0181. The summed E-state index contributed by atoms with van der Waals surface area (Å²) in [6.45, 7) is 11.6. The van der Waals surface area contributed by atoms with Crippen LogP contribution in [0.4, 0.5) is 5.69 Å². The second-order valence-electron chi connectivity index (χ2n) is 8.35. The predicted molar refractivity (Wildman–Crippen MR) is 115 cm³/mol. The van der Waals surface area contributed by atoms with Crippen molar-refractivity contribution in [2.45, 2.75) is 39.3 Å². The number of rotatable bonds is 6. The summed E-state index contributed by atoms with van der Waals surface area (Å²) in [7, 11) is 0. The highest BCUT2D eigenvalue weighted by Gasteiger charge is 2.31. The van der Waals surface area contributed by atoms with Crippen LogP contribution in [0.1, 0.15) is 43.4 Å². The van der Waals surface area contributed by atoms with Crippen molar-refractivity contribution in [2.75, 3.05) is 31.5 Å². The molecule has 5 heteroatoms. The number of carbonyl (C=O) groups excluding carboxylic acids is 1. The molecule has 0 unspecified atom stereocenters. The number of nitrogens with one attached hydrogen (secondary N) is 3. The van der Waals surface area contributed by atoms with Gasteiger partial charge < -0.3 is 15.1 Å². The normalized spacial score (nSPS) is 20.1. The molecule has 0 aliphatic carbocycles. The fourth-order valence-electron chi connectivity index (χ4n) is 3.96. The second kappa shape index (κ2) is 9.69. The molecule has 0 bridgehead atoms. The maximum Gasteiger partial charge on any atom is 0.282 e. The molecular formula is C24H32N4O+2. The van der Waals surface area contributed by atoms with E-state index in [4.69, 9.17) is 0 Å². The first-order chi connectivity index (χ1) is 14.0. The van der Waals surface area contributed by atoms with Crippen LogP contribution in [0, 0.1) is 11.3 Å². The van der Waals surface area contributed by atoms with Crippen LogP contribution >= 0.6 is 0 Å². The third-order valence-electron chi connectivity index (χ3n) is 6.01. The van der Waals surface area contributed by atoms with Crippen molar-refractivity contribution in [2.24, 2.45) is 0 Å². The average Bonchev–Trinajstić information content (AvgIpc) is 2.74. The highest BCUT2D eigenvalue weighted by Crippen LogP contribution is 2.14. The van der Waals surface area contributed by atoms with Crippen LogP contribution < -0.4 is 15.1 Å². The van der Waals surface area contributed by atoms with E-state index in [-0.39, 0.29) is 11.9 Å². The van der Waals surface area contributed by atoms with Gasteiger partial charge in [-0.2, -0.15) is 5.26 Å². The van der Waals surface area contributed by atoms with Crippen LogP contribution in [-0.4, -0.2) is 38.1 Å². The molecule has 1 aliphatic heterocycles. The zero-order valence-electron chi connectivity index (χ0n) is 17.7. The molecule has 152 valence electrons. The number of benzene rings is 2. The Balaban J connectivity index is 1.50. The van der Waals surface area contributed by atoms with Gasteiger partial charge in [0.2, 0.25) is 0 Å². The summed E-state index contributed by atoms with van der Waals surface area (Å²) in [6.07, 6.45) is 0. The lowest BCUT2D eigenvalue weighted by atomic mass is 10.0. The molecule has 1 atom stereocenters. The van der Waals surface area contributed by atoms with Crippen molar-refractivity contribution in [1.82, 2.24) is 0 Å². The van der Waals surface area contributed by atoms with Crippen molar-refractivity contribution in [1.29, 1.82) is 5.26 Å². The van der Waals surface area contributed by atoms with Crippen LogP contribution in [0.3, 0.4) is 0 Å². The Morgan fingerprint density at radius 1 is 1.03 bits per heavy atom. The number of piperazine rings is 1. The first-order valence-corrected chi connectivity index (χ1v) is 10.5. The van der Waals surface area contributed by atoms with Gasteiger partial charge in [0, 0.05) is 5.56 Å². The SMILES string of the molecule is CC(C)c1ccc(C[NH+]2CC[NH+]([C@H](C)C(=O)Nc3ccccc3C#N)CC2)cc1. The lowest BCUT2D eigenvalue weighted by molar-refractivity contribution is -1.02. The third-order valence-corrected chi connectivity index (χ3v) is 6.01. The maximum atomic E-state index is 12.7. The average molecular weight is 393 g/mol. The van der Waals surface area contributed by atoms with E-state index in [1.807, 2.05) is 13.0 Å². The maximum absolute atomic E-state index is 12.7. The van der Waals surface area contributed by atoms with E-state index in [1.165, 1.54) is 16.0 Å². The number of nitriles is 1. The fraction of sp³-hybridized carbons (Fsp3) is 0.417. The van der Waals surface area contributed by atoms with Gasteiger partial charge in [-0.05, 0) is 30.5 Å². The Morgan fingerprint density at radius 2 is 1.69 bits per heavy atom. The van der Waals surface area contributed by atoms with Gasteiger partial charge in [0.25, 0.3) is 5.91 Å². The van der Waals surface area contributed by atoms with E-state index in [9.17, 15) is 10.1 Å². The van der Waals surface area contributed by atoms with Crippen molar-refractivity contribution >= 4 is 11.6 Å². The number of amides is 1. The molecule has 0 spiro atoms. The Labute approximate surface area is 173 Å². The van der Waals surface area contributed by atoms with Crippen molar-refractivity contribution < 1.29 is 14.6 Å². The zero-order valence-corrected chi connectivity index (χ0v) is 17.7. The molecule has 0 radical (unpaired) electrons. The quantitative estimate of drug-likeness (QED) is 0.687. The largest absolute Gasteiger partial charge is 0.322 e. The molecule has 0 aromatic heterocycles. The van der Waals surface area contributed by atoms with E-state index in [0.717, 1.165) is 32.7 Å². The van der Waals surface area contributed by atoms with E-state index in [0.29, 0.717) is 17.2 Å². The number of carbonyl (C=O) groups is 1. The van der Waals surface area contributed by atoms with Crippen LogP contribution in [0.5, 0.6) is 0 Å². The van der Waals surface area contributed by atoms with Crippen LogP contribution in [0.25, 0.3) is 0 Å². The first-order valence-electron chi connectivity index (χ1n) is 10.5. The second-order valence-corrected chi connectivity index (χ2v) is 8.35. The van der Waals surface area contributed by atoms with E-state index in [2.05, 4.69) is 49.5 Å². The van der Waals surface area contributed by atoms with Gasteiger partial charge >= 0.3 is 0 Å². The molecule has 3 N–H and O–H groups in total. The fourth-order valence-corrected chi connectivity index (χ4v) is 3.96. The Hall–Kier alpha value is -2.68. The number of nitrogens with zero attached hydrogens (tertiary/aromatic N) is 1. The lowest BCUT2D eigenvalue weighted by Crippen LogP contribution is -3.29. The van der Waals surface area contributed by atoms with Crippen molar-refractivity contribution in [3.8, 4) is 6.07 Å². The van der Waals surface area contributed by atoms with Crippen molar-refractivity contribution in [3.63, 3.8) is 0 Å². The first kappa shape index (κ1) is 21.0. The summed E-state index contributed by atoms with van der Waals surface area (Å²) in [5.41, 5.74) is 3.86. The van der Waals surface area contributed by atoms with Gasteiger partial charge in [-0.3, -0.25) is 4.79 Å². The molecule has 1 amide bonds. The Morgan fingerprint density at radius 3 is 2.31 bits per heavy atom. The predicted octanol–water partition coefficient (Wildman–Crippen LogP) is 0.992. The number of anilines is 1. The Bertz CT molecular complexity index is 861. The monoisotopic (exact) mass is 392 g/mol. The summed E-state index contributed by atoms with van der Waals surface area (Å²) in [5.74, 6) is 0.548. The minimum atomic E-state index is -0.131. The lowest BCUT2D eigenvalue weighted by Gasteiger charge is -2.32. The summed E-state index contributed by atoms with van der Waals surface area (Å²) in [4.78, 5) is 15.6. The number of hydrogen-bond acceptors (Lipinski definition) is 2. The molecule has 1 fully saturated rings. The molecule has 2 aromatic carbocycles. The van der Waals surface area contributed by atoms with Crippen molar-refractivity contribution in [3.05, 3.63) is 65.2 Å². The third kappa shape index (κ3) is 5.44. The van der Waals surface area contributed by atoms with Gasteiger partial charge in [0.1, 0.15) is 38.8 Å². The highest BCUT2D eigenvalue weighted by molar-refractivity contribution is 5.94. The van der Waals surface area contributed by atoms with E-state index >= 15 is 0 Å². The van der Waals surface area contributed by atoms with E-state index in [1.54, 1.807) is 23.1 Å². The van der Waals surface area contributed by atoms with Gasteiger partial charge in [-0.1, -0.05) is 50.2 Å². The smallest absolute Gasteiger partial charge is 0.282 e. The molecular weight excluding hydrogens is 360 g/mol. The molecule has 1 aliphatic rings. The molecule has 3 rings (SSSR count). The number of hydrogen-bond donors (Lipinski definition) is 3. The molecule has 1 saturated heterocycles. The van der Waals surface area contributed by atoms with Crippen LogP contribution in [-0.2, 0) is 11.3 Å². The topological polar surface area (TPSA) is 61.8 Å². The van der Waals surface area contributed by atoms with Gasteiger partial charge in [0.05, 0.1) is 11.3 Å². The number of quaternary nitrogens is 2. The minimum Gasteiger partial charge on any atom is -0.322 e. The zero-order chi connectivity index (χ0) is 20.8. The highest BCUT2D eigenvalue weighted by atomic mass is 16.2. The summed E-state index contributed by atoms with van der Waals surface area (Å²) >= 11 is 0. The number of para-hydroxylation sites is 1. The van der Waals surface area contributed by atoms with E-state index < -0.39 is 0 Å². The van der Waals surface area contributed by atoms with Crippen LogP contribution in [0.2, 0.25) is 0 Å². The molecule has 29 heavy (non-hydrogen) atoms. The van der Waals surface area contributed by atoms with Gasteiger partial charge in [-0.15, -0.1) is 0 Å². The molecule has 2 aromatic rings. The van der Waals surface area contributed by atoms with Gasteiger partial charge in [-0.25, -0.2) is 0 Å². The molecule has 5 nitrogen and oxygen atoms in total. The standard InChI is InChI=1S/C24H30N4O/c1-18(2)21-10-8-20(9-11-21)17-27-12-14-28(15-13-27)19(3)24(29)26-23-7-5-4-6-22(23)16-25/h4-11,18-19H,12-15,17H2,1-3H3,(H,26,29)/p+2/t19-/m1/s1. The summed E-state index contributed by atoms with van der Waals surface area (Å²) in [5, 5.41) is 12.1. The molecule has 0 saturated carbocycles.